The first-order chi connectivity index (χ1) is 9.49. The average Bonchev–Trinajstić information content (AvgIpc) is 2.42. The van der Waals surface area contributed by atoms with E-state index in [1.165, 1.54) is 11.8 Å². The number of halogens is 2. The number of hydrogen-bond donors (Lipinski definition) is 0. The van der Waals surface area contributed by atoms with Gasteiger partial charge in [0.25, 0.3) is 5.91 Å². The summed E-state index contributed by atoms with van der Waals surface area (Å²) < 4.78 is 0. The lowest BCUT2D eigenvalue weighted by Crippen LogP contribution is -2.22. The Hall–Kier alpha value is -1.16. The second-order valence-electron chi connectivity index (χ2n) is 4.37. The molecule has 2 rings (SSSR count). The van der Waals surface area contributed by atoms with Gasteiger partial charge in [0, 0.05) is 23.9 Å². The molecule has 0 aliphatic rings. The lowest BCUT2D eigenvalue weighted by atomic mass is 10.2. The Morgan fingerprint density at radius 3 is 2.40 bits per heavy atom. The lowest BCUT2D eigenvalue weighted by Gasteiger charge is -2.13. The van der Waals surface area contributed by atoms with Gasteiger partial charge in [-0.3, -0.25) is 4.79 Å². The van der Waals surface area contributed by atoms with Gasteiger partial charge in [-0.15, -0.1) is 0 Å². The van der Waals surface area contributed by atoms with Crippen molar-refractivity contribution < 1.29 is 4.79 Å². The lowest BCUT2D eigenvalue weighted by molar-refractivity contribution is 0.0824. The van der Waals surface area contributed by atoms with E-state index in [2.05, 4.69) is 0 Å². The van der Waals surface area contributed by atoms with Crippen LogP contribution in [0.25, 0.3) is 0 Å². The molecule has 0 unspecified atom stereocenters. The minimum atomic E-state index is -0.0202. The van der Waals surface area contributed by atoms with Crippen molar-refractivity contribution in [2.75, 3.05) is 14.1 Å². The van der Waals surface area contributed by atoms with Crippen molar-refractivity contribution >= 4 is 40.9 Å². The number of amides is 1. The van der Waals surface area contributed by atoms with Crippen molar-refractivity contribution in [3.8, 4) is 0 Å². The zero-order valence-electron chi connectivity index (χ0n) is 11.1. The molecule has 0 saturated carbocycles. The number of rotatable bonds is 3. The van der Waals surface area contributed by atoms with Crippen LogP contribution in [0, 0.1) is 0 Å². The molecular formula is C15H13Cl2NOS. The Morgan fingerprint density at radius 1 is 1.05 bits per heavy atom. The maximum absolute atomic E-state index is 12.1. The largest absolute Gasteiger partial charge is 0.345 e. The fourth-order valence-electron chi connectivity index (χ4n) is 1.64. The van der Waals surface area contributed by atoms with E-state index in [-0.39, 0.29) is 5.91 Å². The molecule has 0 atom stereocenters. The van der Waals surface area contributed by atoms with Gasteiger partial charge < -0.3 is 4.90 Å². The van der Waals surface area contributed by atoms with Crippen LogP contribution in [0.4, 0.5) is 0 Å². The first-order valence-corrected chi connectivity index (χ1v) is 7.50. The molecule has 0 aromatic heterocycles. The van der Waals surface area contributed by atoms with E-state index in [0.717, 1.165) is 9.79 Å². The van der Waals surface area contributed by atoms with Gasteiger partial charge >= 0.3 is 0 Å². The molecule has 0 N–H and O–H groups in total. The van der Waals surface area contributed by atoms with Gasteiger partial charge in [0.1, 0.15) is 0 Å². The van der Waals surface area contributed by atoms with Crippen LogP contribution in [-0.4, -0.2) is 24.9 Å². The first-order valence-electron chi connectivity index (χ1n) is 5.92. The Morgan fingerprint density at radius 2 is 1.75 bits per heavy atom. The Labute approximate surface area is 132 Å². The topological polar surface area (TPSA) is 20.3 Å². The quantitative estimate of drug-likeness (QED) is 0.804. The SMILES string of the molecule is CN(C)C(=O)c1ccccc1Sc1ccc(Cl)c(Cl)c1. The Balaban J connectivity index is 2.34. The summed E-state index contributed by atoms with van der Waals surface area (Å²) in [5.74, 6) is -0.0202. The van der Waals surface area contributed by atoms with Crippen molar-refractivity contribution in [2.24, 2.45) is 0 Å². The summed E-state index contributed by atoms with van der Waals surface area (Å²) in [5.41, 5.74) is 0.675. The zero-order chi connectivity index (χ0) is 14.7. The third kappa shape index (κ3) is 3.48. The minimum Gasteiger partial charge on any atom is -0.345 e. The number of nitrogens with zero attached hydrogens (tertiary/aromatic N) is 1. The highest BCUT2D eigenvalue weighted by Gasteiger charge is 2.13. The summed E-state index contributed by atoms with van der Waals surface area (Å²) in [7, 11) is 3.48. The third-order valence-corrected chi connectivity index (χ3v) is 4.45. The van der Waals surface area contributed by atoms with E-state index < -0.39 is 0 Å². The fraction of sp³-hybridized carbons (Fsp3) is 0.133. The molecule has 2 aromatic carbocycles. The van der Waals surface area contributed by atoms with Gasteiger partial charge in [-0.2, -0.15) is 0 Å². The van der Waals surface area contributed by atoms with Crippen molar-refractivity contribution in [1.29, 1.82) is 0 Å². The molecular weight excluding hydrogens is 313 g/mol. The second kappa shape index (κ2) is 6.53. The number of benzene rings is 2. The van der Waals surface area contributed by atoms with E-state index in [0.29, 0.717) is 15.6 Å². The van der Waals surface area contributed by atoms with Crippen LogP contribution in [0.15, 0.2) is 52.3 Å². The van der Waals surface area contributed by atoms with Crippen molar-refractivity contribution in [3.05, 3.63) is 58.1 Å². The van der Waals surface area contributed by atoms with E-state index in [4.69, 9.17) is 23.2 Å². The van der Waals surface area contributed by atoms with Crippen LogP contribution in [0.1, 0.15) is 10.4 Å². The smallest absolute Gasteiger partial charge is 0.254 e. The van der Waals surface area contributed by atoms with Gasteiger partial charge in [0.15, 0.2) is 0 Å². The van der Waals surface area contributed by atoms with Crippen molar-refractivity contribution in [3.63, 3.8) is 0 Å². The highest BCUT2D eigenvalue weighted by atomic mass is 35.5. The number of hydrogen-bond acceptors (Lipinski definition) is 2. The average molecular weight is 326 g/mol. The molecule has 0 fully saturated rings. The van der Waals surface area contributed by atoms with Gasteiger partial charge in [0.2, 0.25) is 0 Å². The zero-order valence-corrected chi connectivity index (χ0v) is 13.4. The number of carbonyl (C=O) groups is 1. The summed E-state index contributed by atoms with van der Waals surface area (Å²) in [6.07, 6.45) is 0. The monoisotopic (exact) mass is 325 g/mol. The minimum absolute atomic E-state index is 0.0202. The Kier molecular flexibility index (Phi) is 4.97. The molecule has 0 bridgehead atoms. The molecule has 5 heteroatoms. The van der Waals surface area contributed by atoms with E-state index in [1.807, 2.05) is 30.3 Å². The van der Waals surface area contributed by atoms with Crippen LogP contribution >= 0.6 is 35.0 Å². The predicted octanol–water partition coefficient (Wildman–Crippen LogP) is 4.85. The maximum atomic E-state index is 12.1. The van der Waals surface area contributed by atoms with Gasteiger partial charge in [-0.1, -0.05) is 47.1 Å². The van der Waals surface area contributed by atoms with E-state index >= 15 is 0 Å². The van der Waals surface area contributed by atoms with Crippen molar-refractivity contribution in [1.82, 2.24) is 4.90 Å². The molecule has 0 saturated heterocycles. The maximum Gasteiger partial charge on any atom is 0.254 e. The summed E-state index contributed by atoms with van der Waals surface area (Å²) in [6, 6.07) is 12.9. The summed E-state index contributed by atoms with van der Waals surface area (Å²) >= 11 is 13.4. The molecule has 20 heavy (non-hydrogen) atoms. The van der Waals surface area contributed by atoms with Gasteiger partial charge in [-0.05, 0) is 30.3 Å². The summed E-state index contributed by atoms with van der Waals surface area (Å²) in [4.78, 5) is 15.5. The molecule has 0 spiro atoms. The van der Waals surface area contributed by atoms with Crippen LogP contribution < -0.4 is 0 Å². The molecule has 0 aliphatic carbocycles. The Bertz CT molecular complexity index is 644. The molecule has 1 amide bonds. The fourth-order valence-corrected chi connectivity index (χ4v) is 2.98. The molecule has 0 aliphatic heterocycles. The van der Waals surface area contributed by atoms with Crippen LogP contribution in [0.2, 0.25) is 10.0 Å². The van der Waals surface area contributed by atoms with E-state index in [9.17, 15) is 4.79 Å². The summed E-state index contributed by atoms with van der Waals surface area (Å²) in [5, 5.41) is 1.03. The van der Waals surface area contributed by atoms with E-state index in [1.54, 1.807) is 31.1 Å². The van der Waals surface area contributed by atoms with Gasteiger partial charge in [0.05, 0.1) is 15.6 Å². The second-order valence-corrected chi connectivity index (χ2v) is 6.30. The highest BCUT2D eigenvalue weighted by Crippen LogP contribution is 2.34. The van der Waals surface area contributed by atoms with Crippen molar-refractivity contribution in [2.45, 2.75) is 9.79 Å². The normalized spacial score (nSPS) is 10.4. The molecule has 104 valence electrons. The summed E-state index contributed by atoms with van der Waals surface area (Å²) in [6.45, 7) is 0. The van der Waals surface area contributed by atoms with Crippen LogP contribution in [0.5, 0.6) is 0 Å². The van der Waals surface area contributed by atoms with Crippen LogP contribution in [-0.2, 0) is 0 Å². The van der Waals surface area contributed by atoms with Gasteiger partial charge in [-0.25, -0.2) is 0 Å². The molecule has 2 aromatic rings. The standard InChI is InChI=1S/C15H13Cl2NOS/c1-18(2)15(19)11-5-3-4-6-14(11)20-10-7-8-12(16)13(17)9-10/h3-9H,1-2H3. The third-order valence-electron chi connectivity index (χ3n) is 2.64. The predicted molar refractivity (Wildman–Crippen MR) is 85.0 cm³/mol. The highest BCUT2D eigenvalue weighted by molar-refractivity contribution is 7.99. The molecule has 2 nitrogen and oxygen atoms in total. The molecule has 0 heterocycles. The first kappa shape index (κ1) is 15.2. The molecule has 0 radical (unpaired) electrons. The van der Waals surface area contributed by atoms with Crippen LogP contribution in [0.3, 0.4) is 0 Å². The number of carbonyl (C=O) groups excluding carboxylic acids is 1.